The van der Waals surface area contributed by atoms with Crippen LogP contribution in [0.5, 0.6) is 0 Å². The highest BCUT2D eigenvalue weighted by Crippen LogP contribution is 2.22. The van der Waals surface area contributed by atoms with Crippen LogP contribution in [-0.4, -0.2) is 21.5 Å². The number of benzene rings is 1. The molecule has 0 spiro atoms. The van der Waals surface area contributed by atoms with Crippen LogP contribution in [0.3, 0.4) is 0 Å². The predicted octanol–water partition coefficient (Wildman–Crippen LogP) is 1.89. The number of hydrogen-bond acceptors (Lipinski definition) is 4. The monoisotopic (exact) mass is 254 g/mol. The highest BCUT2D eigenvalue weighted by Gasteiger charge is 2.06. The minimum atomic E-state index is -0.830. The highest BCUT2D eigenvalue weighted by atomic mass is 32.2. The van der Waals surface area contributed by atoms with Crippen LogP contribution >= 0.6 is 11.3 Å². The van der Waals surface area contributed by atoms with Gasteiger partial charge in [-0.25, -0.2) is 4.98 Å². The largest absolute Gasteiger partial charge is 0.330 e. The van der Waals surface area contributed by atoms with E-state index in [0.29, 0.717) is 18.1 Å². The van der Waals surface area contributed by atoms with Crippen molar-refractivity contribution in [3.8, 4) is 0 Å². The molecule has 16 heavy (non-hydrogen) atoms. The van der Waals surface area contributed by atoms with Crippen molar-refractivity contribution in [3.05, 3.63) is 29.3 Å². The van der Waals surface area contributed by atoms with Gasteiger partial charge in [0.15, 0.2) is 0 Å². The first-order chi connectivity index (χ1) is 7.79. The topological polar surface area (TPSA) is 56.0 Å². The minimum Gasteiger partial charge on any atom is -0.330 e. The van der Waals surface area contributed by atoms with Crippen LogP contribution in [-0.2, 0) is 16.6 Å². The molecule has 0 bridgehead atoms. The van der Waals surface area contributed by atoms with Gasteiger partial charge >= 0.3 is 0 Å². The molecule has 0 saturated carbocycles. The molecule has 0 amide bonds. The zero-order valence-electron chi connectivity index (χ0n) is 8.89. The van der Waals surface area contributed by atoms with Gasteiger partial charge in [0.1, 0.15) is 5.01 Å². The number of rotatable bonds is 5. The maximum atomic E-state index is 11.7. The molecule has 0 aliphatic rings. The van der Waals surface area contributed by atoms with Gasteiger partial charge in [-0.15, -0.1) is 11.3 Å². The lowest BCUT2D eigenvalue weighted by Gasteiger charge is -1.96. The molecular weight excluding hydrogens is 240 g/mol. The smallest absolute Gasteiger partial charge is 0.106 e. The summed E-state index contributed by atoms with van der Waals surface area (Å²) >= 11 is 1.62. The molecule has 86 valence electrons. The molecule has 2 rings (SSSR count). The van der Waals surface area contributed by atoms with E-state index in [2.05, 4.69) is 4.98 Å². The molecule has 1 atom stereocenters. The predicted molar refractivity (Wildman–Crippen MR) is 70.0 cm³/mol. The van der Waals surface area contributed by atoms with Gasteiger partial charge in [-0.05, 0) is 25.1 Å². The van der Waals surface area contributed by atoms with Gasteiger partial charge in [-0.1, -0.05) is 12.1 Å². The van der Waals surface area contributed by atoms with Crippen molar-refractivity contribution in [2.24, 2.45) is 5.73 Å². The Kier molecular flexibility index (Phi) is 4.04. The van der Waals surface area contributed by atoms with E-state index in [-0.39, 0.29) is 0 Å². The van der Waals surface area contributed by atoms with Crippen LogP contribution in [0, 0.1) is 0 Å². The summed E-state index contributed by atoms with van der Waals surface area (Å²) in [5.74, 6) is 1.23. The van der Waals surface area contributed by atoms with E-state index in [9.17, 15) is 4.21 Å². The van der Waals surface area contributed by atoms with Crippen LogP contribution in [0.15, 0.2) is 24.3 Å². The summed E-state index contributed by atoms with van der Waals surface area (Å²) < 4.78 is 12.8. The van der Waals surface area contributed by atoms with Crippen LogP contribution in [0.4, 0.5) is 0 Å². The van der Waals surface area contributed by atoms with Gasteiger partial charge in [0.25, 0.3) is 0 Å². The average Bonchev–Trinajstić information content (AvgIpc) is 2.68. The fourth-order valence-corrected chi connectivity index (χ4v) is 3.80. The van der Waals surface area contributed by atoms with Gasteiger partial charge in [-0.2, -0.15) is 0 Å². The van der Waals surface area contributed by atoms with Crippen molar-refractivity contribution in [1.29, 1.82) is 0 Å². The van der Waals surface area contributed by atoms with Crippen molar-refractivity contribution in [3.63, 3.8) is 0 Å². The molecule has 0 radical (unpaired) electrons. The molecule has 1 aromatic carbocycles. The maximum absolute atomic E-state index is 11.7. The number of thiazole rings is 1. The third kappa shape index (κ3) is 2.87. The highest BCUT2D eigenvalue weighted by molar-refractivity contribution is 7.84. The lowest BCUT2D eigenvalue weighted by molar-refractivity contribution is 0.680. The van der Waals surface area contributed by atoms with Crippen LogP contribution in [0.1, 0.15) is 11.4 Å². The van der Waals surface area contributed by atoms with Gasteiger partial charge in [0.05, 0.1) is 16.0 Å². The molecule has 0 saturated heterocycles. The second-order valence-electron chi connectivity index (χ2n) is 3.51. The first-order valence-corrected chi connectivity index (χ1v) is 7.49. The SMILES string of the molecule is NCCCS(=O)Cc1nc2ccccc2s1. The lowest BCUT2D eigenvalue weighted by Crippen LogP contribution is -2.07. The molecule has 1 aromatic heterocycles. The van der Waals surface area contributed by atoms with E-state index in [1.807, 2.05) is 24.3 Å². The molecule has 2 aromatic rings. The maximum Gasteiger partial charge on any atom is 0.106 e. The number of aromatic nitrogens is 1. The summed E-state index contributed by atoms with van der Waals surface area (Å²) in [6.07, 6.45) is 0.817. The molecule has 2 N–H and O–H groups in total. The quantitative estimate of drug-likeness (QED) is 0.886. The summed E-state index contributed by atoms with van der Waals surface area (Å²) in [7, 11) is -0.830. The lowest BCUT2D eigenvalue weighted by atomic mass is 10.3. The van der Waals surface area contributed by atoms with E-state index in [0.717, 1.165) is 21.6 Å². The summed E-state index contributed by atoms with van der Waals surface area (Å²) in [6, 6.07) is 7.99. The molecule has 0 aliphatic carbocycles. The fourth-order valence-electron chi connectivity index (χ4n) is 1.44. The molecule has 1 unspecified atom stereocenters. The van der Waals surface area contributed by atoms with E-state index in [1.54, 1.807) is 11.3 Å². The van der Waals surface area contributed by atoms with Crippen molar-refractivity contribution in [1.82, 2.24) is 4.98 Å². The zero-order chi connectivity index (χ0) is 11.4. The number of fused-ring (bicyclic) bond motifs is 1. The van der Waals surface area contributed by atoms with Crippen molar-refractivity contribution >= 4 is 32.4 Å². The number of nitrogens with two attached hydrogens (primary N) is 1. The Balaban J connectivity index is 2.07. The van der Waals surface area contributed by atoms with E-state index < -0.39 is 10.8 Å². The molecule has 0 fully saturated rings. The van der Waals surface area contributed by atoms with Crippen molar-refractivity contribution < 1.29 is 4.21 Å². The molecular formula is C11H14N2OS2. The summed E-state index contributed by atoms with van der Waals surface area (Å²) in [4.78, 5) is 4.45. The van der Waals surface area contributed by atoms with Crippen LogP contribution in [0.25, 0.3) is 10.2 Å². The minimum absolute atomic E-state index is 0.555. The summed E-state index contributed by atoms with van der Waals surface area (Å²) in [6.45, 7) is 0.603. The number of nitrogens with zero attached hydrogens (tertiary/aromatic N) is 1. The van der Waals surface area contributed by atoms with E-state index in [4.69, 9.17) is 5.73 Å². The second-order valence-corrected chi connectivity index (χ2v) is 6.20. The number of hydrogen-bond donors (Lipinski definition) is 1. The molecule has 0 aliphatic heterocycles. The standard InChI is InChI=1S/C11H14N2OS2/c12-6-3-7-16(14)8-11-13-9-4-1-2-5-10(9)15-11/h1-2,4-5H,3,6-8,12H2. The first kappa shape index (κ1) is 11.7. The van der Waals surface area contributed by atoms with Gasteiger partial charge in [0, 0.05) is 16.6 Å². The summed E-state index contributed by atoms with van der Waals surface area (Å²) in [5.41, 5.74) is 6.38. The molecule has 5 heteroatoms. The van der Waals surface area contributed by atoms with Crippen LogP contribution < -0.4 is 5.73 Å². The van der Waals surface area contributed by atoms with E-state index in [1.165, 1.54) is 0 Å². The Morgan fingerprint density at radius 1 is 1.38 bits per heavy atom. The second kappa shape index (κ2) is 5.52. The Morgan fingerprint density at radius 2 is 2.19 bits per heavy atom. The van der Waals surface area contributed by atoms with Gasteiger partial charge < -0.3 is 5.73 Å². The van der Waals surface area contributed by atoms with E-state index >= 15 is 0 Å². The summed E-state index contributed by atoms with van der Waals surface area (Å²) in [5, 5.41) is 0.955. The Bertz CT molecular complexity index is 462. The molecule has 1 heterocycles. The Hall–Kier alpha value is -0.780. The third-order valence-electron chi connectivity index (χ3n) is 2.20. The van der Waals surface area contributed by atoms with Gasteiger partial charge in [0.2, 0.25) is 0 Å². The van der Waals surface area contributed by atoms with Crippen molar-refractivity contribution in [2.75, 3.05) is 12.3 Å². The van der Waals surface area contributed by atoms with Crippen LogP contribution in [0.2, 0.25) is 0 Å². The third-order valence-corrected chi connectivity index (χ3v) is 4.76. The van der Waals surface area contributed by atoms with Gasteiger partial charge in [-0.3, -0.25) is 4.21 Å². The average molecular weight is 254 g/mol. The fraction of sp³-hybridized carbons (Fsp3) is 0.364. The van der Waals surface area contributed by atoms with Crippen molar-refractivity contribution in [2.45, 2.75) is 12.2 Å². The zero-order valence-corrected chi connectivity index (χ0v) is 10.5. The first-order valence-electron chi connectivity index (χ1n) is 5.19. The Labute approximate surface area is 101 Å². The number of para-hydroxylation sites is 1. The normalized spacial score (nSPS) is 13.1. The molecule has 3 nitrogen and oxygen atoms in total. The Morgan fingerprint density at radius 3 is 2.94 bits per heavy atom.